The predicted octanol–water partition coefficient (Wildman–Crippen LogP) is 2.40. The quantitative estimate of drug-likeness (QED) is 0.903. The number of urea groups is 1. The zero-order valence-electron chi connectivity index (χ0n) is 13.3. The SMILES string of the molecule is Cc1ccc(NC(=O)Nc2cnc(N3CCOCC3)nc2)cc1F. The highest BCUT2D eigenvalue weighted by atomic mass is 19.1. The van der Waals surface area contributed by atoms with Crippen LogP contribution >= 0.6 is 0 Å². The highest BCUT2D eigenvalue weighted by Crippen LogP contribution is 2.15. The maximum absolute atomic E-state index is 13.5. The maximum atomic E-state index is 13.5. The second-order valence-electron chi connectivity index (χ2n) is 5.41. The molecule has 1 saturated heterocycles. The molecule has 1 aromatic carbocycles. The first-order valence-electron chi connectivity index (χ1n) is 7.61. The third-order valence-electron chi connectivity index (χ3n) is 3.62. The standard InChI is InChI=1S/C16H18FN5O2/c1-11-2-3-12(8-14(11)17)20-16(23)21-13-9-18-15(19-10-13)22-4-6-24-7-5-22/h2-3,8-10H,4-7H2,1H3,(H2,20,21,23). The number of anilines is 3. The van der Waals surface area contributed by atoms with Crippen LogP contribution in [0, 0.1) is 12.7 Å². The molecule has 0 bridgehead atoms. The number of hydrogen-bond donors (Lipinski definition) is 2. The smallest absolute Gasteiger partial charge is 0.323 e. The number of amides is 2. The van der Waals surface area contributed by atoms with E-state index in [9.17, 15) is 9.18 Å². The minimum absolute atomic E-state index is 0.369. The molecule has 2 N–H and O–H groups in total. The molecule has 0 aliphatic carbocycles. The molecule has 2 aromatic rings. The lowest BCUT2D eigenvalue weighted by atomic mass is 10.2. The molecular formula is C16H18FN5O2. The summed E-state index contributed by atoms with van der Waals surface area (Å²) >= 11 is 0. The number of aryl methyl sites for hydroxylation is 1. The third-order valence-corrected chi connectivity index (χ3v) is 3.62. The zero-order chi connectivity index (χ0) is 16.9. The Morgan fingerprint density at radius 2 is 1.83 bits per heavy atom. The summed E-state index contributed by atoms with van der Waals surface area (Å²) < 4.78 is 18.8. The van der Waals surface area contributed by atoms with Gasteiger partial charge in [-0.05, 0) is 24.6 Å². The van der Waals surface area contributed by atoms with Gasteiger partial charge in [-0.25, -0.2) is 19.2 Å². The first-order chi connectivity index (χ1) is 11.6. The average Bonchev–Trinajstić information content (AvgIpc) is 2.59. The van der Waals surface area contributed by atoms with Crippen LogP contribution in [0.3, 0.4) is 0 Å². The Morgan fingerprint density at radius 3 is 2.50 bits per heavy atom. The highest BCUT2D eigenvalue weighted by molar-refractivity contribution is 5.99. The van der Waals surface area contributed by atoms with E-state index in [4.69, 9.17) is 4.74 Å². The van der Waals surface area contributed by atoms with E-state index in [1.807, 2.05) is 4.90 Å². The number of rotatable bonds is 3. The van der Waals surface area contributed by atoms with Crippen molar-refractivity contribution in [3.8, 4) is 0 Å². The summed E-state index contributed by atoms with van der Waals surface area (Å²) in [7, 11) is 0. The van der Waals surface area contributed by atoms with Gasteiger partial charge in [0.15, 0.2) is 0 Å². The number of halogens is 1. The Morgan fingerprint density at radius 1 is 1.17 bits per heavy atom. The van der Waals surface area contributed by atoms with Gasteiger partial charge in [0.1, 0.15) is 5.82 Å². The van der Waals surface area contributed by atoms with Crippen LogP contribution in [-0.2, 0) is 4.74 Å². The summed E-state index contributed by atoms with van der Waals surface area (Å²) in [4.78, 5) is 22.4. The minimum Gasteiger partial charge on any atom is -0.378 e. The van der Waals surface area contributed by atoms with Crippen LogP contribution in [0.2, 0.25) is 0 Å². The fourth-order valence-corrected chi connectivity index (χ4v) is 2.28. The Hall–Kier alpha value is -2.74. The number of carbonyl (C=O) groups excluding carboxylic acids is 1. The fraction of sp³-hybridized carbons (Fsp3) is 0.312. The Kier molecular flexibility index (Phi) is 4.85. The number of aromatic nitrogens is 2. The van der Waals surface area contributed by atoms with Gasteiger partial charge in [0.2, 0.25) is 5.95 Å². The molecular weight excluding hydrogens is 313 g/mol. The molecule has 0 saturated carbocycles. The molecule has 0 unspecified atom stereocenters. The molecule has 0 spiro atoms. The van der Waals surface area contributed by atoms with Gasteiger partial charge >= 0.3 is 6.03 Å². The lowest BCUT2D eigenvalue weighted by Crippen LogP contribution is -2.37. The monoisotopic (exact) mass is 331 g/mol. The van der Waals surface area contributed by atoms with Crippen LogP contribution in [0.15, 0.2) is 30.6 Å². The first kappa shape index (κ1) is 16.1. The van der Waals surface area contributed by atoms with Crippen LogP contribution in [0.5, 0.6) is 0 Å². The van der Waals surface area contributed by atoms with Gasteiger partial charge < -0.3 is 20.3 Å². The van der Waals surface area contributed by atoms with Gasteiger partial charge in [-0.1, -0.05) is 6.07 Å². The van der Waals surface area contributed by atoms with Crippen molar-refractivity contribution in [2.24, 2.45) is 0 Å². The van der Waals surface area contributed by atoms with Crippen molar-refractivity contribution in [3.63, 3.8) is 0 Å². The van der Waals surface area contributed by atoms with Crippen LogP contribution in [0.25, 0.3) is 0 Å². The van der Waals surface area contributed by atoms with Gasteiger partial charge in [0, 0.05) is 18.8 Å². The number of morpholine rings is 1. The second kappa shape index (κ2) is 7.22. The van der Waals surface area contributed by atoms with Crippen molar-refractivity contribution >= 4 is 23.4 Å². The highest BCUT2D eigenvalue weighted by Gasteiger charge is 2.13. The number of carbonyl (C=O) groups is 1. The Labute approximate surface area is 138 Å². The predicted molar refractivity (Wildman–Crippen MR) is 88.8 cm³/mol. The summed E-state index contributed by atoms with van der Waals surface area (Å²) in [5.74, 6) is 0.232. The van der Waals surface area contributed by atoms with E-state index >= 15 is 0 Å². The minimum atomic E-state index is -0.485. The molecule has 8 heteroatoms. The van der Waals surface area contributed by atoms with E-state index in [0.717, 1.165) is 13.1 Å². The summed E-state index contributed by atoms with van der Waals surface area (Å²) in [6.07, 6.45) is 3.07. The van der Waals surface area contributed by atoms with E-state index in [1.165, 1.54) is 18.5 Å². The van der Waals surface area contributed by atoms with Crippen molar-refractivity contribution in [2.45, 2.75) is 6.92 Å². The Balaban J connectivity index is 1.58. The van der Waals surface area contributed by atoms with E-state index in [2.05, 4.69) is 20.6 Å². The number of benzene rings is 1. The van der Waals surface area contributed by atoms with Crippen LogP contribution in [0.1, 0.15) is 5.56 Å². The van der Waals surface area contributed by atoms with Gasteiger partial charge in [-0.3, -0.25) is 0 Å². The molecule has 7 nitrogen and oxygen atoms in total. The molecule has 2 amide bonds. The van der Waals surface area contributed by atoms with Gasteiger partial charge in [0.05, 0.1) is 31.3 Å². The van der Waals surface area contributed by atoms with Crippen molar-refractivity contribution in [2.75, 3.05) is 41.8 Å². The van der Waals surface area contributed by atoms with E-state index in [0.29, 0.717) is 36.1 Å². The van der Waals surface area contributed by atoms with Gasteiger partial charge in [-0.2, -0.15) is 0 Å². The average molecular weight is 331 g/mol. The molecule has 1 aliphatic heterocycles. The molecule has 24 heavy (non-hydrogen) atoms. The summed E-state index contributed by atoms with van der Waals surface area (Å²) in [5, 5.41) is 5.18. The lowest BCUT2D eigenvalue weighted by Gasteiger charge is -2.26. The molecule has 1 aliphatic rings. The molecule has 1 aromatic heterocycles. The van der Waals surface area contributed by atoms with Crippen LogP contribution in [-0.4, -0.2) is 42.3 Å². The summed E-state index contributed by atoms with van der Waals surface area (Å²) in [6.45, 7) is 4.45. The van der Waals surface area contributed by atoms with E-state index in [-0.39, 0.29) is 5.82 Å². The number of nitrogens with zero attached hydrogens (tertiary/aromatic N) is 3. The van der Waals surface area contributed by atoms with Crippen LogP contribution < -0.4 is 15.5 Å². The van der Waals surface area contributed by atoms with E-state index < -0.39 is 6.03 Å². The molecule has 126 valence electrons. The summed E-state index contributed by atoms with van der Waals surface area (Å²) in [6, 6.07) is 4.02. The summed E-state index contributed by atoms with van der Waals surface area (Å²) in [5.41, 5.74) is 1.35. The molecule has 3 rings (SSSR count). The third kappa shape index (κ3) is 3.96. The molecule has 1 fully saturated rings. The van der Waals surface area contributed by atoms with Crippen molar-refractivity contribution in [1.82, 2.24) is 9.97 Å². The molecule has 2 heterocycles. The van der Waals surface area contributed by atoms with Gasteiger partial charge in [0.25, 0.3) is 0 Å². The molecule has 0 atom stereocenters. The number of nitrogens with one attached hydrogen (secondary N) is 2. The van der Waals surface area contributed by atoms with Crippen molar-refractivity contribution in [1.29, 1.82) is 0 Å². The fourth-order valence-electron chi connectivity index (χ4n) is 2.28. The Bertz CT molecular complexity index is 717. The topological polar surface area (TPSA) is 79.4 Å². The van der Waals surface area contributed by atoms with Crippen molar-refractivity contribution in [3.05, 3.63) is 42.0 Å². The normalized spacial score (nSPS) is 14.3. The lowest BCUT2D eigenvalue weighted by molar-refractivity contribution is 0.122. The first-order valence-corrected chi connectivity index (χ1v) is 7.61. The maximum Gasteiger partial charge on any atom is 0.323 e. The molecule has 0 radical (unpaired) electrons. The van der Waals surface area contributed by atoms with Crippen LogP contribution in [0.4, 0.5) is 26.5 Å². The van der Waals surface area contributed by atoms with Crippen molar-refractivity contribution < 1.29 is 13.9 Å². The number of ether oxygens (including phenoxy) is 1. The van der Waals surface area contributed by atoms with Gasteiger partial charge in [-0.15, -0.1) is 0 Å². The largest absolute Gasteiger partial charge is 0.378 e. The second-order valence-corrected chi connectivity index (χ2v) is 5.41. The zero-order valence-corrected chi connectivity index (χ0v) is 13.3. The van der Waals surface area contributed by atoms with E-state index in [1.54, 1.807) is 19.1 Å². The number of hydrogen-bond acceptors (Lipinski definition) is 5.